The average molecular weight is 306 g/mol. The Kier molecular flexibility index (Phi) is 3.71. The van der Waals surface area contributed by atoms with E-state index >= 15 is 0 Å². The van der Waals surface area contributed by atoms with E-state index in [9.17, 15) is 0 Å². The van der Waals surface area contributed by atoms with Crippen LogP contribution in [0, 0.1) is 0 Å². The minimum atomic E-state index is 0.120. The molecule has 0 aliphatic carbocycles. The van der Waals surface area contributed by atoms with Gasteiger partial charge in [-0.25, -0.2) is 0 Å². The number of nitrogens with zero attached hydrogens (tertiary/aromatic N) is 1. The first-order valence-corrected chi connectivity index (χ1v) is 6.63. The summed E-state index contributed by atoms with van der Waals surface area (Å²) < 4.78 is 6.71. The molecule has 3 heteroatoms. The van der Waals surface area contributed by atoms with Gasteiger partial charge in [-0.15, -0.1) is 0 Å². The van der Waals surface area contributed by atoms with Crippen molar-refractivity contribution in [1.82, 2.24) is 4.98 Å². The van der Waals surface area contributed by atoms with Gasteiger partial charge in [-0.3, -0.25) is 4.98 Å². The van der Waals surface area contributed by atoms with Crippen molar-refractivity contribution in [2.75, 3.05) is 0 Å². The standard InChI is InChI=1S/C15H16BrNO/c1-15(2,3)11-5-4-6-13(7-11)18-14-8-12(16)9-17-10-14/h4-10H,1-3H3. The number of pyridine rings is 1. The summed E-state index contributed by atoms with van der Waals surface area (Å²) in [4.78, 5) is 4.08. The van der Waals surface area contributed by atoms with Gasteiger partial charge in [0.15, 0.2) is 0 Å². The van der Waals surface area contributed by atoms with Gasteiger partial charge in [0.05, 0.1) is 6.20 Å². The quantitative estimate of drug-likeness (QED) is 0.784. The summed E-state index contributed by atoms with van der Waals surface area (Å²) in [6, 6.07) is 10.1. The maximum absolute atomic E-state index is 5.80. The maximum Gasteiger partial charge on any atom is 0.146 e. The second kappa shape index (κ2) is 5.11. The third kappa shape index (κ3) is 3.33. The first kappa shape index (κ1) is 13.1. The van der Waals surface area contributed by atoms with Crippen LogP contribution in [0.4, 0.5) is 0 Å². The Bertz CT molecular complexity index is 546. The van der Waals surface area contributed by atoms with E-state index < -0.39 is 0 Å². The van der Waals surface area contributed by atoms with Crippen molar-refractivity contribution in [3.05, 3.63) is 52.8 Å². The van der Waals surface area contributed by atoms with E-state index in [4.69, 9.17) is 4.74 Å². The summed E-state index contributed by atoms with van der Waals surface area (Å²) in [5.41, 5.74) is 1.37. The molecule has 1 aromatic heterocycles. The Morgan fingerprint density at radius 3 is 2.50 bits per heavy atom. The predicted molar refractivity (Wildman–Crippen MR) is 77.2 cm³/mol. The fraction of sp³-hybridized carbons (Fsp3) is 0.267. The molecule has 2 rings (SSSR count). The molecule has 0 amide bonds. The van der Waals surface area contributed by atoms with Crippen LogP contribution in [0.3, 0.4) is 0 Å². The van der Waals surface area contributed by atoms with Crippen LogP contribution >= 0.6 is 15.9 Å². The molecule has 0 N–H and O–H groups in total. The highest BCUT2D eigenvalue weighted by atomic mass is 79.9. The van der Waals surface area contributed by atoms with Crippen molar-refractivity contribution in [3.8, 4) is 11.5 Å². The van der Waals surface area contributed by atoms with Gasteiger partial charge in [0, 0.05) is 10.7 Å². The van der Waals surface area contributed by atoms with Gasteiger partial charge < -0.3 is 4.74 Å². The van der Waals surface area contributed by atoms with Crippen LogP contribution in [0.1, 0.15) is 26.3 Å². The lowest BCUT2D eigenvalue weighted by atomic mass is 9.87. The Labute approximate surface area is 116 Å². The first-order chi connectivity index (χ1) is 8.45. The van der Waals surface area contributed by atoms with Gasteiger partial charge in [0.1, 0.15) is 11.5 Å². The van der Waals surface area contributed by atoms with Crippen molar-refractivity contribution in [3.63, 3.8) is 0 Å². The smallest absolute Gasteiger partial charge is 0.146 e. The molecule has 0 spiro atoms. The molecule has 1 heterocycles. The van der Waals surface area contributed by atoms with E-state index in [0.717, 1.165) is 16.0 Å². The summed E-state index contributed by atoms with van der Waals surface area (Å²) in [6.07, 6.45) is 3.44. The number of ether oxygens (including phenoxy) is 1. The Morgan fingerprint density at radius 2 is 1.83 bits per heavy atom. The molecule has 0 fully saturated rings. The molecule has 0 bridgehead atoms. The monoisotopic (exact) mass is 305 g/mol. The van der Waals surface area contributed by atoms with Crippen LogP contribution < -0.4 is 4.74 Å². The number of hydrogen-bond donors (Lipinski definition) is 0. The molecular formula is C15H16BrNO. The summed E-state index contributed by atoms with van der Waals surface area (Å²) in [5, 5.41) is 0. The fourth-order valence-electron chi connectivity index (χ4n) is 1.61. The van der Waals surface area contributed by atoms with Crippen LogP contribution in [0.25, 0.3) is 0 Å². The third-order valence-electron chi connectivity index (χ3n) is 2.62. The molecule has 18 heavy (non-hydrogen) atoms. The van der Waals surface area contributed by atoms with Gasteiger partial charge in [0.25, 0.3) is 0 Å². The molecule has 0 aliphatic heterocycles. The fourth-order valence-corrected chi connectivity index (χ4v) is 1.95. The number of rotatable bonds is 2. The van der Waals surface area contributed by atoms with E-state index in [2.05, 4.69) is 53.8 Å². The molecule has 0 saturated carbocycles. The van der Waals surface area contributed by atoms with E-state index in [1.807, 2.05) is 18.2 Å². The van der Waals surface area contributed by atoms with Gasteiger partial charge >= 0.3 is 0 Å². The van der Waals surface area contributed by atoms with E-state index in [1.165, 1.54) is 5.56 Å². The summed E-state index contributed by atoms with van der Waals surface area (Å²) in [6.45, 7) is 6.56. The molecular weight excluding hydrogens is 290 g/mol. The van der Waals surface area contributed by atoms with Crippen LogP contribution in [0.2, 0.25) is 0 Å². The minimum Gasteiger partial charge on any atom is -0.456 e. The van der Waals surface area contributed by atoms with E-state index in [1.54, 1.807) is 12.4 Å². The topological polar surface area (TPSA) is 22.1 Å². The zero-order valence-corrected chi connectivity index (χ0v) is 12.4. The largest absolute Gasteiger partial charge is 0.456 e. The zero-order chi connectivity index (χ0) is 13.2. The van der Waals surface area contributed by atoms with Crippen molar-refractivity contribution >= 4 is 15.9 Å². The molecule has 0 radical (unpaired) electrons. The number of aromatic nitrogens is 1. The molecule has 0 aliphatic rings. The minimum absolute atomic E-state index is 0.120. The maximum atomic E-state index is 5.80. The molecule has 94 valence electrons. The molecule has 2 nitrogen and oxygen atoms in total. The van der Waals surface area contributed by atoms with Crippen molar-refractivity contribution in [2.45, 2.75) is 26.2 Å². The number of hydrogen-bond acceptors (Lipinski definition) is 2. The summed E-state index contributed by atoms with van der Waals surface area (Å²) >= 11 is 3.38. The molecule has 2 aromatic rings. The molecule has 1 aromatic carbocycles. The molecule has 0 atom stereocenters. The lowest BCUT2D eigenvalue weighted by Crippen LogP contribution is -2.10. The zero-order valence-electron chi connectivity index (χ0n) is 10.8. The highest BCUT2D eigenvalue weighted by Crippen LogP contribution is 2.28. The van der Waals surface area contributed by atoms with Gasteiger partial charge in [-0.05, 0) is 45.1 Å². The van der Waals surface area contributed by atoms with Crippen LogP contribution in [0.5, 0.6) is 11.5 Å². The lowest BCUT2D eigenvalue weighted by Gasteiger charge is -2.19. The van der Waals surface area contributed by atoms with E-state index in [-0.39, 0.29) is 5.41 Å². The van der Waals surface area contributed by atoms with Gasteiger partial charge in [0.2, 0.25) is 0 Å². The normalized spacial score (nSPS) is 11.3. The average Bonchev–Trinajstić information content (AvgIpc) is 2.28. The summed E-state index contributed by atoms with van der Waals surface area (Å²) in [5.74, 6) is 1.57. The van der Waals surface area contributed by atoms with Crippen molar-refractivity contribution in [1.29, 1.82) is 0 Å². The Hall–Kier alpha value is -1.35. The Morgan fingerprint density at radius 1 is 1.06 bits per heavy atom. The highest BCUT2D eigenvalue weighted by molar-refractivity contribution is 9.10. The number of benzene rings is 1. The van der Waals surface area contributed by atoms with Crippen LogP contribution in [0.15, 0.2) is 47.2 Å². The lowest BCUT2D eigenvalue weighted by molar-refractivity contribution is 0.476. The molecule has 0 unspecified atom stereocenters. The van der Waals surface area contributed by atoms with Crippen molar-refractivity contribution < 1.29 is 4.74 Å². The predicted octanol–water partition coefficient (Wildman–Crippen LogP) is 4.93. The SMILES string of the molecule is CC(C)(C)c1cccc(Oc2cncc(Br)c2)c1. The van der Waals surface area contributed by atoms with Crippen molar-refractivity contribution in [2.24, 2.45) is 0 Å². The highest BCUT2D eigenvalue weighted by Gasteiger charge is 2.14. The Balaban J connectivity index is 2.25. The summed E-state index contributed by atoms with van der Waals surface area (Å²) in [7, 11) is 0. The van der Waals surface area contributed by atoms with E-state index in [0.29, 0.717) is 0 Å². The van der Waals surface area contributed by atoms with Crippen LogP contribution in [-0.2, 0) is 5.41 Å². The van der Waals surface area contributed by atoms with Crippen LogP contribution in [-0.4, -0.2) is 4.98 Å². The van der Waals surface area contributed by atoms with Gasteiger partial charge in [-0.1, -0.05) is 32.9 Å². The third-order valence-corrected chi connectivity index (χ3v) is 3.05. The molecule has 0 saturated heterocycles. The number of halogens is 1. The second-order valence-corrected chi connectivity index (χ2v) is 6.13. The second-order valence-electron chi connectivity index (χ2n) is 5.22. The van der Waals surface area contributed by atoms with Gasteiger partial charge in [-0.2, -0.15) is 0 Å². The first-order valence-electron chi connectivity index (χ1n) is 5.84.